The summed E-state index contributed by atoms with van der Waals surface area (Å²) in [6.45, 7) is 4.45. The molecule has 3 rings (SSSR count). The Bertz CT molecular complexity index is 893. The molecule has 0 spiro atoms. The molecule has 5 heteroatoms. The third kappa shape index (κ3) is 5.57. The minimum absolute atomic E-state index is 0.109. The topological polar surface area (TPSA) is 63.2 Å². The Labute approximate surface area is 159 Å². The van der Waals surface area contributed by atoms with Crippen LogP contribution in [0.5, 0.6) is 5.75 Å². The second kappa shape index (κ2) is 8.85. The second-order valence-corrected chi connectivity index (χ2v) is 6.34. The van der Waals surface area contributed by atoms with Crippen LogP contribution in [-0.2, 0) is 4.79 Å². The molecule has 0 atom stereocenters. The summed E-state index contributed by atoms with van der Waals surface area (Å²) in [5, 5.41) is 6.12. The van der Waals surface area contributed by atoms with Gasteiger partial charge in [-0.3, -0.25) is 4.79 Å². The van der Waals surface area contributed by atoms with Gasteiger partial charge < -0.3 is 15.4 Å². The van der Waals surface area contributed by atoms with Crippen molar-refractivity contribution in [1.82, 2.24) is 4.98 Å². The van der Waals surface area contributed by atoms with Crippen molar-refractivity contribution in [2.45, 2.75) is 20.3 Å². The second-order valence-electron chi connectivity index (χ2n) is 6.34. The number of aromatic nitrogens is 1. The lowest BCUT2D eigenvalue weighted by atomic mass is 10.1. The summed E-state index contributed by atoms with van der Waals surface area (Å²) in [5.41, 5.74) is 4.06. The Balaban J connectivity index is 1.49. The molecule has 3 aromatic rings. The smallest absolute Gasteiger partial charge is 0.227 e. The fourth-order valence-corrected chi connectivity index (χ4v) is 2.64. The number of hydrogen-bond donors (Lipinski definition) is 2. The lowest BCUT2D eigenvalue weighted by Crippen LogP contribution is -2.15. The van der Waals surface area contributed by atoms with Gasteiger partial charge in [0.2, 0.25) is 5.91 Å². The molecular formula is C22H23N3O2. The number of ether oxygens (including phenoxy) is 1. The number of carbonyl (C=O) groups excluding carboxylic acids is 1. The predicted octanol–water partition coefficient (Wildman–Crippen LogP) is 4.85. The van der Waals surface area contributed by atoms with E-state index in [9.17, 15) is 4.79 Å². The van der Waals surface area contributed by atoms with Crippen molar-refractivity contribution < 1.29 is 9.53 Å². The number of pyridine rings is 1. The number of aryl methyl sites for hydroxylation is 2. The van der Waals surface area contributed by atoms with Crippen LogP contribution in [0.2, 0.25) is 0 Å². The minimum Gasteiger partial charge on any atom is -0.493 e. The van der Waals surface area contributed by atoms with Gasteiger partial charge in [-0.2, -0.15) is 0 Å². The Morgan fingerprint density at radius 1 is 1.04 bits per heavy atom. The first-order valence-corrected chi connectivity index (χ1v) is 8.88. The molecule has 1 aromatic heterocycles. The highest BCUT2D eigenvalue weighted by Crippen LogP contribution is 2.21. The molecule has 2 N–H and O–H groups in total. The maximum absolute atomic E-state index is 12.0. The van der Waals surface area contributed by atoms with E-state index in [4.69, 9.17) is 4.74 Å². The van der Waals surface area contributed by atoms with Gasteiger partial charge in [-0.25, -0.2) is 4.98 Å². The van der Waals surface area contributed by atoms with Gasteiger partial charge in [0.15, 0.2) is 0 Å². The van der Waals surface area contributed by atoms with E-state index in [1.165, 1.54) is 5.56 Å². The molecule has 0 bridgehead atoms. The quantitative estimate of drug-likeness (QED) is 0.631. The van der Waals surface area contributed by atoms with Crippen molar-refractivity contribution >= 4 is 23.1 Å². The molecule has 0 fully saturated rings. The first-order valence-electron chi connectivity index (χ1n) is 8.88. The predicted molar refractivity (Wildman–Crippen MR) is 109 cm³/mol. The third-order valence-electron chi connectivity index (χ3n) is 4.03. The molecule has 0 aliphatic carbocycles. The van der Waals surface area contributed by atoms with Crippen molar-refractivity contribution in [3.63, 3.8) is 0 Å². The molecule has 138 valence electrons. The van der Waals surface area contributed by atoms with Gasteiger partial charge in [0, 0.05) is 5.69 Å². The van der Waals surface area contributed by atoms with Crippen LogP contribution in [0.3, 0.4) is 0 Å². The Morgan fingerprint density at radius 3 is 2.56 bits per heavy atom. The van der Waals surface area contributed by atoms with Crippen LogP contribution in [0.4, 0.5) is 17.2 Å². The first-order chi connectivity index (χ1) is 13.1. The average Bonchev–Trinajstić information content (AvgIpc) is 2.66. The molecule has 0 unspecified atom stereocenters. The van der Waals surface area contributed by atoms with Gasteiger partial charge >= 0.3 is 0 Å². The van der Waals surface area contributed by atoms with Gasteiger partial charge in [0.25, 0.3) is 0 Å². The number of para-hydroxylation sites is 1. The van der Waals surface area contributed by atoms with Crippen LogP contribution in [-0.4, -0.2) is 17.5 Å². The normalized spacial score (nSPS) is 10.3. The largest absolute Gasteiger partial charge is 0.493 e. The van der Waals surface area contributed by atoms with Crippen LogP contribution < -0.4 is 15.4 Å². The van der Waals surface area contributed by atoms with E-state index in [1.807, 2.05) is 48.5 Å². The van der Waals surface area contributed by atoms with Crippen LogP contribution >= 0.6 is 0 Å². The van der Waals surface area contributed by atoms with E-state index in [0.29, 0.717) is 12.3 Å². The molecule has 1 amide bonds. The number of rotatable bonds is 7. The van der Waals surface area contributed by atoms with E-state index in [0.717, 1.165) is 22.8 Å². The SMILES string of the molecule is Cc1ccc(Nc2ccc(NC(=O)CCOc3ccccc3)cn2)c(C)c1. The first kappa shape index (κ1) is 18.5. The van der Waals surface area contributed by atoms with Crippen molar-refractivity contribution in [2.24, 2.45) is 0 Å². The highest BCUT2D eigenvalue weighted by atomic mass is 16.5. The van der Waals surface area contributed by atoms with Gasteiger partial charge in [-0.05, 0) is 49.7 Å². The molecule has 1 heterocycles. The fraction of sp³-hybridized carbons (Fsp3) is 0.182. The summed E-state index contributed by atoms with van der Waals surface area (Å²) in [7, 11) is 0. The van der Waals surface area contributed by atoms with E-state index in [1.54, 1.807) is 6.20 Å². The summed E-state index contributed by atoms with van der Waals surface area (Å²) < 4.78 is 5.53. The van der Waals surface area contributed by atoms with Crippen LogP contribution in [0.25, 0.3) is 0 Å². The number of anilines is 3. The molecule has 27 heavy (non-hydrogen) atoms. The number of amides is 1. The molecule has 0 aliphatic rings. The number of benzene rings is 2. The molecule has 5 nitrogen and oxygen atoms in total. The number of carbonyl (C=O) groups is 1. The molecule has 0 saturated carbocycles. The van der Waals surface area contributed by atoms with Crippen LogP contribution in [0.1, 0.15) is 17.5 Å². The maximum Gasteiger partial charge on any atom is 0.227 e. The number of nitrogens with one attached hydrogen (secondary N) is 2. The lowest BCUT2D eigenvalue weighted by Gasteiger charge is -2.11. The third-order valence-corrected chi connectivity index (χ3v) is 4.03. The van der Waals surface area contributed by atoms with Crippen LogP contribution in [0.15, 0.2) is 66.9 Å². The van der Waals surface area contributed by atoms with Gasteiger partial charge in [-0.1, -0.05) is 35.9 Å². The van der Waals surface area contributed by atoms with Crippen LogP contribution in [0, 0.1) is 13.8 Å². The van der Waals surface area contributed by atoms with Crippen molar-refractivity contribution in [2.75, 3.05) is 17.2 Å². The summed E-state index contributed by atoms with van der Waals surface area (Å²) >= 11 is 0. The van der Waals surface area contributed by atoms with Crippen molar-refractivity contribution in [3.05, 3.63) is 78.0 Å². The summed E-state index contributed by atoms with van der Waals surface area (Å²) in [4.78, 5) is 16.4. The Hall–Kier alpha value is -3.34. The van der Waals surface area contributed by atoms with Gasteiger partial charge in [-0.15, -0.1) is 0 Å². The zero-order chi connectivity index (χ0) is 19.1. The number of nitrogens with zero attached hydrogens (tertiary/aromatic N) is 1. The molecular weight excluding hydrogens is 338 g/mol. The van der Waals surface area contributed by atoms with E-state index >= 15 is 0 Å². The maximum atomic E-state index is 12.0. The average molecular weight is 361 g/mol. The zero-order valence-electron chi connectivity index (χ0n) is 15.5. The number of hydrogen-bond acceptors (Lipinski definition) is 4. The Morgan fingerprint density at radius 2 is 1.85 bits per heavy atom. The summed E-state index contributed by atoms with van der Waals surface area (Å²) in [6.07, 6.45) is 1.92. The van der Waals surface area contributed by atoms with Crippen molar-refractivity contribution in [3.8, 4) is 5.75 Å². The minimum atomic E-state index is -0.109. The monoisotopic (exact) mass is 361 g/mol. The zero-order valence-corrected chi connectivity index (χ0v) is 15.5. The summed E-state index contributed by atoms with van der Waals surface area (Å²) in [5.74, 6) is 1.38. The Kier molecular flexibility index (Phi) is 6.05. The fourth-order valence-electron chi connectivity index (χ4n) is 2.64. The molecule has 0 aliphatic heterocycles. The summed E-state index contributed by atoms with van der Waals surface area (Å²) in [6, 6.07) is 19.3. The molecule has 2 aromatic carbocycles. The standard InChI is InChI=1S/C22H23N3O2/c1-16-8-10-20(17(2)14-16)25-21-11-9-18(15-23-21)24-22(26)12-13-27-19-6-4-3-5-7-19/h3-11,14-15H,12-13H2,1-2H3,(H,23,25)(H,24,26). The van der Waals surface area contributed by atoms with E-state index < -0.39 is 0 Å². The van der Waals surface area contributed by atoms with Gasteiger partial charge in [0.05, 0.1) is 24.9 Å². The lowest BCUT2D eigenvalue weighted by molar-refractivity contribution is -0.116. The van der Waals surface area contributed by atoms with Gasteiger partial charge in [0.1, 0.15) is 11.6 Å². The van der Waals surface area contributed by atoms with E-state index in [-0.39, 0.29) is 12.3 Å². The van der Waals surface area contributed by atoms with E-state index in [2.05, 4.69) is 41.6 Å². The highest BCUT2D eigenvalue weighted by Gasteiger charge is 2.05. The highest BCUT2D eigenvalue weighted by molar-refractivity contribution is 5.90. The molecule has 0 radical (unpaired) electrons. The molecule has 0 saturated heterocycles. The van der Waals surface area contributed by atoms with Crippen molar-refractivity contribution in [1.29, 1.82) is 0 Å².